The van der Waals surface area contributed by atoms with Crippen LogP contribution in [0.25, 0.3) is 88.4 Å². The number of rotatable bonds is 5. The van der Waals surface area contributed by atoms with Crippen molar-refractivity contribution in [1.82, 2.24) is 9.13 Å². The van der Waals surface area contributed by atoms with Gasteiger partial charge in [0.05, 0.1) is 79.5 Å². The van der Waals surface area contributed by atoms with Crippen LogP contribution in [-0.4, -0.2) is 9.13 Å². The van der Waals surface area contributed by atoms with Crippen LogP contribution in [0.4, 0.5) is 26.3 Å². The minimum atomic E-state index is -5.15. The summed E-state index contributed by atoms with van der Waals surface area (Å²) in [6, 6.07) is 51.1. The number of alkyl halides is 6. The maximum atomic E-state index is 14.7. The van der Waals surface area contributed by atoms with E-state index >= 15 is 0 Å². The number of fused-ring (bicyclic) bond motifs is 6. The summed E-state index contributed by atoms with van der Waals surface area (Å²) in [5.41, 5.74) is 3.74. The molecule has 0 radical (unpaired) electrons. The number of hydrogen-bond acceptors (Lipinski definition) is 3. The molecule has 0 saturated carbocycles. The largest absolute Gasteiger partial charge is 0.416 e. The monoisotopic (exact) mass is 847 g/mol. The van der Waals surface area contributed by atoms with Crippen LogP contribution in [0.1, 0.15) is 27.8 Å². The smallest absolute Gasteiger partial charge is 0.308 e. The van der Waals surface area contributed by atoms with Gasteiger partial charge in [0.25, 0.3) is 0 Å². The van der Waals surface area contributed by atoms with Crippen LogP contribution in [0, 0.1) is 34.0 Å². The van der Waals surface area contributed by atoms with E-state index in [0.717, 1.165) is 55.9 Å². The van der Waals surface area contributed by atoms with Gasteiger partial charge in [0.15, 0.2) is 0 Å². The second kappa shape index (κ2) is 14.8. The molecule has 0 unspecified atom stereocenters. The molecule has 8 aromatic carbocycles. The zero-order valence-electron chi connectivity index (χ0n) is 33.1. The van der Waals surface area contributed by atoms with Crippen LogP contribution in [0.5, 0.6) is 0 Å². The molecule has 0 N–H and O–H groups in total. The lowest BCUT2D eigenvalue weighted by atomic mass is 9.94. The molecule has 0 spiro atoms. The summed E-state index contributed by atoms with van der Waals surface area (Å²) in [6.07, 6.45) is -10.3. The van der Waals surface area contributed by atoms with Crippen molar-refractivity contribution in [2.75, 3.05) is 0 Å². The summed E-state index contributed by atoms with van der Waals surface area (Å²) >= 11 is 0. The minimum absolute atomic E-state index is 0.0215. The zero-order chi connectivity index (χ0) is 44.5. The molecule has 11 heteroatoms. The molecule has 0 amide bonds. The van der Waals surface area contributed by atoms with E-state index in [4.69, 9.17) is 0 Å². The average molecular weight is 848 g/mol. The molecule has 10 aromatic rings. The van der Waals surface area contributed by atoms with Crippen molar-refractivity contribution in [3.05, 3.63) is 192 Å². The predicted octanol–water partition coefficient (Wildman–Crippen LogP) is 14.5. The SMILES string of the molecule is N#Cc1ccc(-c2ccc3c(c2)c2ccccc2n3-c2cc(C#N)cc(-n3c4ccccc4c4cc(-c5ccc(C#N)cc5)ccc43)c2-c2cc(C(F)(F)F)cc(C(F)(F)F)c2)cc1. The van der Waals surface area contributed by atoms with Crippen molar-refractivity contribution in [3.63, 3.8) is 0 Å². The standard InChI is InChI=1S/C53H27F6N5/c54-52(55,56)39-23-38(24-40(27-39)53(57,58)59)51-49(63-45-7-3-1-5-41(45)43-25-36(17-19-47(43)63)34-13-9-31(28-60)10-14-34)21-33(30-62)22-50(51)64-46-8-4-2-6-42(46)44-26-37(18-20-48(44)64)35-15-11-32(29-61)12-16-35/h1-27H. The lowest BCUT2D eigenvalue weighted by Gasteiger charge is -2.22. The predicted molar refractivity (Wildman–Crippen MR) is 236 cm³/mol. The minimum Gasteiger partial charge on any atom is -0.308 e. The van der Waals surface area contributed by atoms with Crippen LogP contribution in [0.2, 0.25) is 0 Å². The van der Waals surface area contributed by atoms with Gasteiger partial charge in [-0.05, 0) is 119 Å². The van der Waals surface area contributed by atoms with Gasteiger partial charge in [0, 0.05) is 27.1 Å². The van der Waals surface area contributed by atoms with Gasteiger partial charge in [-0.25, -0.2) is 0 Å². The van der Waals surface area contributed by atoms with Gasteiger partial charge in [-0.1, -0.05) is 72.8 Å². The first-order valence-corrected chi connectivity index (χ1v) is 19.8. The Morgan fingerprint density at radius 1 is 0.344 bits per heavy atom. The molecule has 306 valence electrons. The summed E-state index contributed by atoms with van der Waals surface area (Å²) in [4.78, 5) is 0. The van der Waals surface area contributed by atoms with Gasteiger partial charge in [-0.15, -0.1) is 0 Å². The van der Waals surface area contributed by atoms with Crippen LogP contribution in [-0.2, 0) is 12.4 Å². The first-order chi connectivity index (χ1) is 30.8. The number of benzene rings is 8. The molecule has 5 nitrogen and oxygen atoms in total. The Hall–Kier alpha value is -8.59. The first-order valence-electron chi connectivity index (χ1n) is 19.8. The van der Waals surface area contributed by atoms with E-state index in [9.17, 15) is 42.1 Å². The number of hydrogen-bond donors (Lipinski definition) is 0. The van der Waals surface area contributed by atoms with Crippen molar-refractivity contribution in [2.24, 2.45) is 0 Å². The van der Waals surface area contributed by atoms with Gasteiger partial charge < -0.3 is 9.13 Å². The van der Waals surface area contributed by atoms with Crippen molar-refractivity contribution in [1.29, 1.82) is 15.8 Å². The highest BCUT2D eigenvalue weighted by Crippen LogP contribution is 2.46. The van der Waals surface area contributed by atoms with Crippen molar-refractivity contribution >= 4 is 43.6 Å². The van der Waals surface area contributed by atoms with E-state index in [1.165, 1.54) is 12.1 Å². The highest BCUT2D eigenvalue weighted by atomic mass is 19.4. The molecule has 0 fully saturated rings. The molecule has 10 rings (SSSR count). The van der Waals surface area contributed by atoms with Crippen molar-refractivity contribution in [2.45, 2.75) is 12.4 Å². The lowest BCUT2D eigenvalue weighted by molar-refractivity contribution is -0.143. The Balaban J connectivity index is 1.34. The molecule has 0 bridgehead atoms. The molecule has 0 aliphatic carbocycles. The third kappa shape index (κ3) is 6.57. The second-order valence-corrected chi connectivity index (χ2v) is 15.3. The van der Waals surface area contributed by atoms with Gasteiger partial charge in [-0.3, -0.25) is 0 Å². The molecule has 2 aromatic heterocycles. The zero-order valence-corrected chi connectivity index (χ0v) is 33.1. The van der Waals surface area contributed by atoms with Crippen LogP contribution in [0.3, 0.4) is 0 Å². The fourth-order valence-corrected chi connectivity index (χ4v) is 8.72. The third-order valence-corrected chi connectivity index (χ3v) is 11.6. The molecule has 64 heavy (non-hydrogen) atoms. The van der Waals surface area contributed by atoms with Gasteiger partial charge in [0.1, 0.15) is 0 Å². The molecule has 0 aliphatic rings. The van der Waals surface area contributed by atoms with Crippen LogP contribution >= 0.6 is 0 Å². The first kappa shape index (κ1) is 39.5. The van der Waals surface area contributed by atoms with Crippen LogP contribution < -0.4 is 0 Å². The quantitative estimate of drug-likeness (QED) is 0.162. The third-order valence-electron chi connectivity index (χ3n) is 11.6. The number of halogens is 6. The van der Waals surface area contributed by atoms with E-state index < -0.39 is 23.5 Å². The maximum Gasteiger partial charge on any atom is 0.416 e. The van der Waals surface area contributed by atoms with E-state index in [2.05, 4.69) is 18.2 Å². The van der Waals surface area contributed by atoms with Crippen LogP contribution in [0.15, 0.2) is 164 Å². The Kier molecular flexibility index (Phi) is 9.14. The van der Waals surface area contributed by atoms with Gasteiger partial charge in [-0.2, -0.15) is 42.1 Å². The topological polar surface area (TPSA) is 81.2 Å². The van der Waals surface area contributed by atoms with E-state index in [-0.39, 0.29) is 34.1 Å². The van der Waals surface area contributed by atoms with Crippen molar-refractivity contribution in [3.8, 4) is 63.0 Å². The van der Waals surface area contributed by atoms with Gasteiger partial charge in [0.2, 0.25) is 0 Å². The number of para-hydroxylation sites is 2. The van der Waals surface area contributed by atoms with Crippen molar-refractivity contribution < 1.29 is 26.3 Å². The highest BCUT2D eigenvalue weighted by molar-refractivity contribution is 6.13. The lowest BCUT2D eigenvalue weighted by Crippen LogP contribution is -2.12. The number of nitriles is 3. The maximum absolute atomic E-state index is 14.7. The van der Waals surface area contributed by atoms with Gasteiger partial charge >= 0.3 is 12.4 Å². The summed E-state index contributed by atoms with van der Waals surface area (Å²) in [6.45, 7) is 0. The summed E-state index contributed by atoms with van der Waals surface area (Å²) in [7, 11) is 0. The normalized spacial score (nSPS) is 11.9. The fraction of sp³-hybridized carbons (Fsp3) is 0.0377. The molecular formula is C53H27F6N5. The summed E-state index contributed by atoms with van der Waals surface area (Å²) in [5, 5.41) is 32.4. The molecule has 0 aliphatic heterocycles. The number of aromatic nitrogens is 2. The molecule has 2 heterocycles. The van der Waals surface area contributed by atoms with E-state index in [1.54, 1.807) is 45.5 Å². The highest BCUT2D eigenvalue weighted by Gasteiger charge is 2.38. The number of nitrogens with zero attached hydrogens (tertiary/aromatic N) is 5. The average Bonchev–Trinajstić information content (AvgIpc) is 3.82. The second-order valence-electron chi connectivity index (χ2n) is 15.3. The molecular weight excluding hydrogens is 821 g/mol. The Morgan fingerprint density at radius 3 is 1.11 bits per heavy atom. The molecule has 0 saturated heterocycles. The Morgan fingerprint density at radius 2 is 0.719 bits per heavy atom. The molecule has 0 atom stereocenters. The fourth-order valence-electron chi connectivity index (χ4n) is 8.72. The summed E-state index contributed by atoms with van der Waals surface area (Å²) in [5.74, 6) is 0. The van der Waals surface area contributed by atoms with E-state index in [1.807, 2.05) is 97.1 Å². The Labute approximate surface area is 360 Å². The summed E-state index contributed by atoms with van der Waals surface area (Å²) < 4.78 is 92.0. The Bertz CT molecular complexity index is 3440. The van der Waals surface area contributed by atoms with E-state index in [0.29, 0.717) is 33.2 Å².